The Balaban J connectivity index is 1.90. The number of hydrazine groups is 1. The average molecular weight is 288 g/mol. The number of hydrogen-bond donors (Lipinski definition) is 2. The first kappa shape index (κ1) is 13.4. The minimum absolute atomic E-state index is 0.359. The van der Waals surface area contributed by atoms with Crippen LogP contribution in [-0.4, -0.2) is 37.3 Å². The molecule has 3 N–H and O–H groups in total. The summed E-state index contributed by atoms with van der Waals surface area (Å²) in [5, 5.41) is 5.66. The molecule has 0 bridgehead atoms. The molecule has 0 amide bonds. The first-order chi connectivity index (χ1) is 9.54. The van der Waals surface area contributed by atoms with Crippen LogP contribution in [0.4, 0.5) is 11.4 Å². The Kier molecular flexibility index (Phi) is 3.40. The zero-order valence-corrected chi connectivity index (χ0v) is 12.8. The van der Waals surface area contributed by atoms with Gasteiger partial charge in [-0.2, -0.15) is 0 Å². The highest BCUT2D eigenvalue weighted by atomic mass is 32.2. The first-order valence-electron chi connectivity index (χ1n) is 6.67. The van der Waals surface area contributed by atoms with Crippen LogP contribution in [0.3, 0.4) is 0 Å². The minimum atomic E-state index is 0.359. The van der Waals surface area contributed by atoms with Gasteiger partial charge in [-0.25, -0.2) is 5.84 Å². The normalized spacial score (nSPS) is 23.3. The van der Waals surface area contributed by atoms with Crippen molar-refractivity contribution < 1.29 is 0 Å². The predicted octanol–water partition coefficient (Wildman–Crippen LogP) is 2.27. The smallest absolute Gasteiger partial charge is 0.0606 e. The molecule has 1 aliphatic carbocycles. The van der Waals surface area contributed by atoms with Crippen LogP contribution in [0, 0.1) is 0 Å². The van der Waals surface area contributed by atoms with E-state index < -0.39 is 0 Å². The Morgan fingerprint density at radius 3 is 2.75 bits per heavy atom. The molecule has 0 spiro atoms. The third kappa shape index (κ3) is 2.39. The number of nitrogens with zero attached hydrogens (tertiary/aromatic N) is 2. The highest BCUT2D eigenvalue weighted by Gasteiger charge is 2.28. The molecular weight excluding hydrogens is 268 g/mol. The van der Waals surface area contributed by atoms with E-state index in [0.717, 1.165) is 5.69 Å². The van der Waals surface area contributed by atoms with Gasteiger partial charge in [-0.15, -0.1) is 11.8 Å². The fourth-order valence-electron chi connectivity index (χ4n) is 2.45. The van der Waals surface area contributed by atoms with Crippen molar-refractivity contribution in [3.8, 4) is 0 Å². The lowest BCUT2D eigenvalue weighted by atomic mass is 10.0. The number of rotatable bonds is 2. The van der Waals surface area contributed by atoms with E-state index in [2.05, 4.69) is 54.7 Å². The maximum Gasteiger partial charge on any atom is 0.0606 e. The van der Waals surface area contributed by atoms with E-state index in [1.54, 1.807) is 5.01 Å². The molecule has 0 saturated carbocycles. The van der Waals surface area contributed by atoms with E-state index >= 15 is 0 Å². The molecule has 1 heterocycles. The van der Waals surface area contributed by atoms with E-state index in [1.165, 1.54) is 16.3 Å². The second-order valence-corrected chi connectivity index (χ2v) is 6.61. The van der Waals surface area contributed by atoms with Gasteiger partial charge in [0.1, 0.15) is 0 Å². The van der Waals surface area contributed by atoms with Crippen molar-refractivity contribution in [1.82, 2.24) is 4.90 Å². The van der Waals surface area contributed by atoms with Crippen LogP contribution in [-0.2, 0) is 0 Å². The Morgan fingerprint density at radius 2 is 2.05 bits per heavy atom. The van der Waals surface area contributed by atoms with E-state index in [0.29, 0.717) is 11.3 Å². The lowest BCUT2D eigenvalue weighted by Crippen LogP contribution is -2.35. The molecule has 0 fully saturated rings. The number of fused-ring (bicyclic) bond motifs is 2. The van der Waals surface area contributed by atoms with Crippen molar-refractivity contribution in [3.63, 3.8) is 0 Å². The molecule has 0 aromatic heterocycles. The summed E-state index contributed by atoms with van der Waals surface area (Å²) in [5.41, 5.74) is 3.48. The molecule has 5 heteroatoms. The van der Waals surface area contributed by atoms with Gasteiger partial charge >= 0.3 is 0 Å². The van der Waals surface area contributed by atoms with Crippen LogP contribution in [0.15, 0.2) is 47.0 Å². The van der Waals surface area contributed by atoms with Gasteiger partial charge in [0.15, 0.2) is 0 Å². The quantitative estimate of drug-likeness (QED) is 0.645. The second-order valence-electron chi connectivity index (χ2n) is 5.39. The van der Waals surface area contributed by atoms with Gasteiger partial charge in [-0.1, -0.05) is 6.08 Å². The van der Waals surface area contributed by atoms with Crippen molar-refractivity contribution >= 4 is 23.1 Å². The van der Waals surface area contributed by atoms with Gasteiger partial charge in [-0.3, -0.25) is 0 Å². The Morgan fingerprint density at radius 1 is 1.25 bits per heavy atom. The number of likely N-dealkylation sites (N-methyl/N-ethyl adjacent to an activating group) is 1. The van der Waals surface area contributed by atoms with Crippen LogP contribution < -0.4 is 16.2 Å². The number of hydrogen-bond acceptors (Lipinski definition) is 5. The van der Waals surface area contributed by atoms with E-state index in [1.807, 2.05) is 24.9 Å². The average Bonchev–Trinajstić information content (AvgIpc) is 2.43. The van der Waals surface area contributed by atoms with Crippen LogP contribution in [0.1, 0.15) is 0 Å². The fraction of sp³-hybridized carbons (Fsp3) is 0.333. The number of nitrogens with two attached hydrogens (primary N) is 1. The van der Waals surface area contributed by atoms with Gasteiger partial charge < -0.3 is 15.2 Å². The molecule has 106 valence electrons. The fourth-order valence-corrected chi connectivity index (χ4v) is 3.70. The van der Waals surface area contributed by atoms with Gasteiger partial charge in [0, 0.05) is 37.4 Å². The minimum Gasteiger partial charge on any atom is -0.378 e. The molecule has 2 aliphatic rings. The first-order valence-corrected chi connectivity index (χ1v) is 7.55. The summed E-state index contributed by atoms with van der Waals surface area (Å²) in [6.45, 7) is 0. The summed E-state index contributed by atoms with van der Waals surface area (Å²) < 4.78 is 0. The van der Waals surface area contributed by atoms with Crippen molar-refractivity contribution in [2.24, 2.45) is 5.84 Å². The highest BCUT2D eigenvalue weighted by Crippen LogP contribution is 2.42. The lowest BCUT2D eigenvalue weighted by Gasteiger charge is -2.34. The van der Waals surface area contributed by atoms with Crippen LogP contribution >= 0.6 is 11.8 Å². The standard InChI is InChI=1S/C15H20N4S/c1-18(2)10-4-6-12-14(8-10)20-15-9-11(19(3)16)5-7-13(15)17-12/h4-9,12,14,17H,16H2,1-3H3. The molecule has 4 nitrogen and oxygen atoms in total. The second kappa shape index (κ2) is 5.07. The molecule has 20 heavy (non-hydrogen) atoms. The van der Waals surface area contributed by atoms with Crippen molar-refractivity contribution in [2.75, 3.05) is 31.5 Å². The highest BCUT2D eigenvalue weighted by molar-refractivity contribution is 8.00. The van der Waals surface area contributed by atoms with Gasteiger partial charge in [-0.05, 0) is 30.4 Å². The molecule has 1 aromatic carbocycles. The monoisotopic (exact) mass is 288 g/mol. The van der Waals surface area contributed by atoms with E-state index in [-0.39, 0.29) is 0 Å². The SMILES string of the molecule is CN(C)C1=CC2Sc3cc(N(C)N)ccc3NC2C=C1. The zero-order chi connectivity index (χ0) is 14.3. The van der Waals surface area contributed by atoms with Crippen LogP contribution in [0.5, 0.6) is 0 Å². The molecule has 3 rings (SSSR count). The third-order valence-electron chi connectivity index (χ3n) is 3.64. The maximum atomic E-state index is 5.81. The van der Waals surface area contributed by atoms with E-state index in [4.69, 9.17) is 5.84 Å². The molecule has 1 aromatic rings. The van der Waals surface area contributed by atoms with Crippen LogP contribution in [0.2, 0.25) is 0 Å². The summed E-state index contributed by atoms with van der Waals surface area (Å²) >= 11 is 1.89. The number of allylic oxidation sites excluding steroid dienone is 1. The summed E-state index contributed by atoms with van der Waals surface area (Å²) in [5.74, 6) is 5.81. The Hall–Kier alpha value is -1.59. The molecule has 2 unspecified atom stereocenters. The number of anilines is 2. The topological polar surface area (TPSA) is 44.5 Å². The predicted molar refractivity (Wildman–Crippen MR) is 87.0 cm³/mol. The third-order valence-corrected chi connectivity index (χ3v) is 4.93. The largest absolute Gasteiger partial charge is 0.378 e. The maximum absolute atomic E-state index is 5.81. The number of benzene rings is 1. The van der Waals surface area contributed by atoms with Crippen molar-refractivity contribution in [1.29, 1.82) is 0 Å². The molecule has 2 atom stereocenters. The Bertz CT molecular complexity index is 577. The number of nitrogens with one attached hydrogen (secondary N) is 1. The molecule has 1 aliphatic heterocycles. The summed E-state index contributed by atoms with van der Waals surface area (Å²) in [6.07, 6.45) is 6.75. The zero-order valence-electron chi connectivity index (χ0n) is 12.0. The summed E-state index contributed by atoms with van der Waals surface area (Å²) in [6, 6.07) is 6.65. The van der Waals surface area contributed by atoms with Gasteiger partial charge in [0.25, 0.3) is 0 Å². The van der Waals surface area contributed by atoms with Gasteiger partial charge in [0.05, 0.1) is 17.0 Å². The number of thioether (sulfide) groups is 1. The van der Waals surface area contributed by atoms with Crippen molar-refractivity contribution in [3.05, 3.63) is 42.1 Å². The molecule has 0 radical (unpaired) electrons. The van der Waals surface area contributed by atoms with Gasteiger partial charge in [0.2, 0.25) is 0 Å². The molecule has 0 saturated heterocycles. The molecular formula is C15H20N4S. The summed E-state index contributed by atoms with van der Waals surface area (Å²) in [4.78, 5) is 3.40. The lowest BCUT2D eigenvalue weighted by molar-refractivity contribution is 0.522. The van der Waals surface area contributed by atoms with E-state index in [9.17, 15) is 0 Å². The summed E-state index contributed by atoms with van der Waals surface area (Å²) in [7, 11) is 6.01. The Labute approximate surface area is 124 Å². The van der Waals surface area contributed by atoms with Crippen LogP contribution in [0.25, 0.3) is 0 Å². The van der Waals surface area contributed by atoms with Crippen molar-refractivity contribution in [2.45, 2.75) is 16.2 Å².